The monoisotopic (exact) mass is 371 g/mol. The Labute approximate surface area is 160 Å². The van der Waals surface area contributed by atoms with Gasteiger partial charge >= 0.3 is 0 Å². The van der Waals surface area contributed by atoms with Gasteiger partial charge in [-0.2, -0.15) is 4.98 Å². The Kier molecular flexibility index (Phi) is 6.02. The molecule has 5 nitrogen and oxygen atoms in total. The molecule has 0 radical (unpaired) electrons. The predicted octanol–water partition coefficient (Wildman–Crippen LogP) is 4.00. The van der Waals surface area contributed by atoms with E-state index in [9.17, 15) is 0 Å². The molecule has 0 aliphatic carbocycles. The quantitative estimate of drug-likeness (QED) is 0.832. The first-order valence-electron chi connectivity index (χ1n) is 9.97. The minimum absolute atomic E-state index is 0.572. The van der Waals surface area contributed by atoms with E-state index < -0.39 is 0 Å². The van der Waals surface area contributed by atoms with Crippen LogP contribution in [0.4, 0.5) is 11.8 Å². The van der Waals surface area contributed by atoms with Crippen molar-refractivity contribution in [3.8, 4) is 0 Å². The molecule has 0 spiro atoms. The van der Waals surface area contributed by atoms with Crippen LogP contribution in [-0.4, -0.2) is 47.1 Å². The minimum Gasteiger partial charge on any atom is -0.356 e. The maximum absolute atomic E-state index is 4.79. The Bertz CT molecular complexity index is 667. The van der Waals surface area contributed by atoms with Gasteiger partial charge in [0, 0.05) is 43.3 Å². The van der Waals surface area contributed by atoms with Crippen molar-refractivity contribution in [2.24, 2.45) is 0 Å². The zero-order valence-electron chi connectivity index (χ0n) is 15.4. The lowest BCUT2D eigenvalue weighted by atomic mass is 10.2. The Morgan fingerprint density at radius 1 is 1.08 bits per heavy atom. The second-order valence-corrected chi connectivity index (χ2v) is 8.40. The third-order valence-electron chi connectivity index (χ3n) is 5.50. The highest BCUT2D eigenvalue weighted by atomic mass is 32.1. The first-order valence-corrected chi connectivity index (χ1v) is 10.8. The van der Waals surface area contributed by atoms with E-state index in [4.69, 9.17) is 4.98 Å². The summed E-state index contributed by atoms with van der Waals surface area (Å²) in [6.45, 7) is 5.42. The highest BCUT2D eigenvalue weighted by Crippen LogP contribution is 2.23. The Morgan fingerprint density at radius 3 is 2.77 bits per heavy atom. The lowest BCUT2D eigenvalue weighted by Gasteiger charge is -2.25. The van der Waals surface area contributed by atoms with Crippen molar-refractivity contribution in [1.82, 2.24) is 14.9 Å². The molecule has 2 aliphatic heterocycles. The molecule has 0 aromatic carbocycles. The lowest BCUT2D eigenvalue weighted by molar-refractivity contribution is 0.256. The molecular formula is C20H29N5S. The van der Waals surface area contributed by atoms with Gasteiger partial charge in [0.2, 0.25) is 5.95 Å². The Hall–Kier alpha value is -1.66. The van der Waals surface area contributed by atoms with Crippen molar-refractivity contribution < 1.29 is 0 Å². The molecule has 1 N–H and O–H groups in total. The van der Waals surface area contributed by atoms with Crippen LogP contribution in [0.1, 0.15) is 43.4 Å². The highest BCUT2D eigenvalue weighted by molar-refractivity contribution is 7.09. The average molecular weight is 372 g/mol. The molecule has 2 saturated heterocycles. The second-order valence-electron chi connectivity index (χ2n) is 7.37. The van der Waals surface area contributed by atoms with E-state index in [0.29, 0.717) is 6.04 Å². The van der Waals surface area contributed by atoms with E-state index in [1.807, 2.05) is 17.5 Å². The van der Waals surface area contributed by atoms with E-state index >= 15 is 0 Å². The summed E-state index contributed by atoms with van der Waals surface area (Å²) >= 11 is 1.85. The van der Waals surface area contributed by atoms with Crippen LogP contribution < -0.4 is 10.2 Å². The molecule has 6 heteroatoms. The smallest absolute Gasteiger partial charge is 0.224 e. The summed E-state index contributed by atoms with van der Waals surface area (Å²) in [4.78, 5) is 15.7. The van der Waals surface area contributed by atoms with E-state index in [1.54, 1.807) is 0 Å². The van der Waals surface area contributed by atoms with Gasteiger partial charge in [0.1, 0.15) is 5.82 Å². The number of likely N-dealkylation sites (tertiary alicyclic amines) is 1. The van der Waals surface area contributed by atoms with Crippen molar-refractivity contribution in [2.75, 3.05) is 36.4 Å². The Morgan fingerprint density at radius 2 is 1.96 bits per heavy atom. The van der Waals surface area contributed by atoms with Gasteiger partial charge in [0.15, 0.2) is 0 Å². The fourth-order valence-electron chi connectivity index (χ4n) is 4.06. The summed E-state index contributed by atoms with van der Waals surface area (Å²) in [6.07, 6.45) is 9.66. The zero-order valence-corrected chi connectivity index (χ0v) is 16.3. The van der Waals surface area contributed by atoms with Crippen molar-refractivity contribution in [2.45, 2.75) is 51.1 Å². The second kappa shape index (κ2) is 8.82. The summed E-state index contributed by atoms with van der Waals surface area (Å²) in [5.74, 6) is 1.85. The number of thiophene rings is 1. The molecule has 1 atom stereocenters. The number of nitrogens with one attached hydrogen (secondary N) is 1. The van der Waals surface area contributed by atoms with E-state index in [-0.39, 0.29) is 0 Å². The van der Waals surface area contributed by atoms with Crippen molar-refractivity contribution in [1.29, 1.82) is 0 Å². The maximum Gasteiger partial charge on any atom is 0.224 e. The molecule has 2 aromatic heterocycles. The summed E-state index contributed by atoms with van der Waals surface area (Å²) in [6, 6.07) is 7.00. The van der Waals surface area contributed by atoms with Crippen LogP contribution in [0.5, 0.6) is 0 Å². The number of aromatic nitrogens is 2. The first kappa shape index (κ1) is 17.7. The number of hydrogen-bond acceptors (Lipinski definition) is 6. The molecule has 4 heterocycles. The predicted molar refractivity (Wildman–Crippen MR) is 109 cm³/mol. The van der Waals surface area contributed by atoms with Crippen molar-refractivity contribution in [3.63, 3.8) is 0 Å². The summed E-state index contributed by atoms with van der Waals surface area (Å²) in [5, 5.41) is 5.67. The molecule has 2 fully saturated rings. The van der Waals surface area contributed by atoms with Crippen molar-refractivity contribution >= 4 is 23.1 Å². The van der Waals surface area contributed by atoms with E-state index in [2.05, 4.69) is 43.7 Å². The number of anilines is 2. The SMILES string of the molecule is c1csc(CN2CCCC2CNc2nccc(N3CCCCCC3)n2)c1. The molecule has 0 bridgehead atoms. The average Bonchev–Trinajstić information content (AvgIpc) is 3.26. The third-order valence-corrected chi connectivity index (χ3v) is 6.37. The maximum atomic E-state index is 4.79. The van der Waals surface area contributed by atoms with Crippen LogP contribution in [0.15, 0.2) is 29.8 Å². The standard InChI is InChI=1S/C20H29N5S/c1-2-4-12-24(11-3-1)19-9-10-21-20(23-19)22-15-17-7-5-13-25(17)16-18-8-6-14-26-18/h6,8-10,14,17H,1-5,7,11-13,15-16H2,(H,21,22,23). The normalized spacial score (nSPS) is 21.7. The molecule has 2 aliphatic rings. The van der Waals surface area contributed by atoms with Crippen LogP contribution in [0.25, 0.3) is 0 Å². The third kappa shape index (κ3) is 4.54. The Balaban J connectivity index is 1.34. The van der Waals surface area contributed by atoms with Gasteiger partial charge < -0.3 is 10.2 Å². The molecule has 1 unspecified atom stereocenters. The highest BCUT2D eigenvalue weighted by Gasteiger charge is 2.24. The molecule has 0 amide bonds. The largest absolute Gasteiger partial charge is 0.356 e. The molecule has 4 rings (SSSR count). The molecule has 0 saturated carbocycles. The van der Waals surface area contributed by atoms with Crippen LogP contribution in [0, 0.1) is 0 Å². The summed E-state index contributed by atoms with van der Waals surface area (Å²) in [5.41, 5.74) is 0. The van der Waals surface area contributed by atoms with Gasteiger partial charge in [0.05, 0.1) is 0 Å². The van der Waals surface area contributed by atoms with Gasteiger partial charge in [-0.25, -0.2) is 4.98 Å². The minimum atomic E-state index is 0.572. The van der Waals surface area contributed by atoms with Gasteiger partial charge in [0.25, 0.3) is 0 Å². The molecular weight excluding hydrogens is 342 g/mol. The van der Waals surface area contributed by atoms with Gasteiger partial charge in [-0.1, -0.05) is 18.9 Å². The topological polar surface area (TPSA) is 44.3 Å². The van der Waals surface area contributed by atoms with E-state index in [0.717, 1.165) is 37.9 Å². The molecule has 140 valence electrons. The fraction of sp³-hybridized carbons (Fsp3) is 0.600. The summed E-state index contributed by atoms with van der Waals surface area (Å²) in [7, 11) is 0. The molecule has 26 heavy (non-hydrogen) atoms. The summed E-state index contributed by atoms with van der Waals surface area (Å²) < 4.78 is 0. The first-order chi connectivity index (χ1) is 12.9. The number of rotatable bonds is 6. The molecule has 2 aromatic rings. The van der Waals surface area contributed by atoms with Gasteiger partial charge in [-0.05, 0) is 49.7 Å². The fourth-order valence-corrected chi connectivity index (χ4v) is 4.79. The number of nitrogens with zero attached hydrogens (tertiary/aromatic N) is 4. The van der Waals surface area contributed by atoms with Crippen molar-refractivity contribution in [3.05, 3.63) is 34.7 Å². The van der Waals surface area contributed by atoms with Crippen LogP contribution >= 0.6 is 11.3 Å². The van der Waals surface area contributed by atoms with E-state index in [1.165, 1.54) is 49.9 Å². The number of hydrogen-bond donors (Lipinski definition) is 1. The van der Waals surface area contributed by atoms with Crippen LogP contribution in [0.2, 0.25) is 0 Å². The van der Waals surface area contributed by atoms with Gasteiger partial charge in [-0.15, -0.1) is 11.3 Å². The lowest BCUT2D eigenvalue weighted by Crippen LogP contribution is -2.34. The zero-order chi connectivity index (χ0) is 17.6. The van der Waals surface area contributed by atoms with Crippen LogP contribution in [0.3, 0.4) is 0 Å². The van der Waals surface area contributed by atoms with Gasteiger partial charge in [-0.3, -0.25) is 4.90 Å². The van der Waals surface area contributed by atoms with Crippen LogP contribution in [-0.2, 0) is 6.54 Å².